The fourth-order valence-electron chi connectivity index (χ4n) is 2.10. The molecule has 2 N–H and O–H groups in total. The second-order valence-electron chi connectivity index (χ2n) is 5.20. The van der Waals surface area contributed by atoms with Gasteiger partial charge in [-0.15, -0.1) is 10.2 Å². The number of hydrogen-bond acceptors (Lipinski definition) is 7. The van der Waals surface area contributed by atoms with Gasteiger partial charge >= 0.3 is 11.9 Å². The number of benzene rings is 1. The largest absolute Gasteiger partial charge is 0.478 e. The van der Waals surface area contributed by atoms with E-state index in [0.29, 0.717) is 22.2 Å². The smallest absolute Gasteiger partial charge is 0.342 e. The maximum absolute atomic E-state index is 11.5. The van der Waals surface area contributed by atoms with Crippen LogP contribution in [0.1, 0.15) is 22.0 Å². The van der Waals surface area contributed by atoms with Crippen molar-refractivity contribution in [1.82, 2.24) is 10.2 Å². The van der Waals surface area contributed by atoms with E-state index in [1.165, 1.54) is 24.3 Å². The van der Waals surface area contributed by atoms with E-state index in [2.05, 4.69) is 10.2 Å². The van der Waals surface area contributed by atoms with E-state index < -0.39 is 11.9 Å². The summed E-state index contributed by atoms with van der Waals surface area (Å²) in [6.07, 6.45) is 1.30. The molecule has 27 heavy (non-hydrogen) atoms. The number of aromatic carboxylic acids is 1. The zero-order chi connectivity index (χ0) is 19.6. The molecular formula is C17H11ClN2O6S. The Balaban J connectivity index is 1.92. The van der Waals surface area contributed by atoms with Crippen molar-refractivity contribution in [1.29, 1.82) is 0 Å². The maximum atomic E-state index is 11.5. The van der Waals surface area contributed by atoms with E-state index in [-0.39, 0.29) is 21.5 Å². The minimum absolute atomic E-state index is 0.0523. The van der Waals surface area contributed by atoms with Gasteiger partial charge in [0, 0.05) is 18.6 Å². The predicted octanol–water partition coefficient (Wildman–Crippen LogP) is 4.21. The third-order valence-electron chi connectivity index (χ3n) is 3.29. The summed E-state index contributed by atoms with van der Waals surface area (Å²) in [5.74, 6) is -1.44. The van der Waals surface area contributed by atoms with Crippen LogP contribution in [0.15, 0.2) is 49.3 Å². The van der Waals surface area contributed by atoms with Gasteiger partial charge in [0.2, 0.25) is 5.89 Å². The first-order valence-electron chi connectivity index (χ1n) is 7.39. The Kier molecular flexibility index (Phi) is 5.33. The lowest BCUT2D eigenvalue weighted by atomic mass is 10.1. The molecule has 3 aromatic rings. The highest BCUT2D eigenvalue weighted by Gasteiger charge is 2.16. The molecule has 3 rings (SSSR count). The number of halogens is 1. The fraction of sp³-hybridized carbons (Fsp3) is 0.0588. The second kappa shape index (κ2) is 7.68. The molecule has 0 radical (unpaired) electrons. The molecule has 0 saturated carbocycles. The third kappa shape index (κ3) is 4.39. The Morgan fingerprint density at radius 2 is 1.93 bits per heavy atom. The van der Waals surface area contributed by atoms with Crippen LogP contribution in [0.3, 0.4) is 0 Å². The van der Waals surface area contributed by atoms with Crippen LogP contribution < -0.4 is 0 Å². The van der Waals surface area contributed by atoms with E-state index in [4.69, 9.17) is 25.5 Å². The van der Waals surface area contributed by atoms with Crippen LogP contribution >= 0.6 is 23.4 Å². The molecular weight excluding hydrogens is 396 g/mol. The molecule has 0 saturated heterocycles. The summed E-state index contributed by atoms with van der Waals surface area (Å²) < 4.78 is 10.8. The lowest BCUT2D eigenvalue weighted by Gasteiger charge is -2.02. The SMILES string of the molecule is Cc1nnc(S/C(=C\c2ccc(-c3cc(C(=O)O)ccc3Cl)o2)C(=O)O)o1. The van der Waals surface area contributed by atoms with Crippen molar-refractivity contribution in [2.24, 2.45) is 0 Å². The molecule has 0 aliphatic rings. The zero-order valence-electron chi connectivity index (χ0n) is 13.7. The van der Waals surface area contributed by atoms with Gasteiger partial charge < -0.3 is 19.0 Å². The molecule has 0 spiro atoms. The van der Waals surface area contributed by atoms with Crippen LogP contribution in [0, 0.1) is 6.92 Å². The Hall–Kier alpha value is -3.04. The van der Waals surface area contributed by atoms with Gasteiger partial charge in [-0.05, 0) is 42.1 Å². The zero-order valence-corrected chi connectivity index (χ0v) is 15.2. The summed E-state index contributed by atoms with van der Waals surface area (Å²) in [7, 11) is 0. The Morgan fingerprint density at radius 1 is 1.15 bits per heavy atom. The molecule has 2 aromatic heterocycles. The number of aliphatic carboxylic acids is 1. The van der Waals surface area contributed by atoms with Gasteiger partial charge in [0.15, 0.2) is 0 Å². The number of nitrogens with zero attached hydrogens (tertiary/aromatic N) is 2. The van der Waals surface area contributed by atoms with Gasteiger partial charge in [0.25, 0.3) is 5.22 Å². The normalized spacial score (nSPS) is 11.6. The number of thioether (sulfide) groups is 1. The van der Waals surface area contributed by atoms with Crippen LogP contribution in [0.5, 0.6) is 0 Å². The van der Waals surface area contributed by atoms with E-state index in [9.17, 15) is 14.7 Å². The first kappa shape index (κ1) is 18.7. The van der Waals surface area contributed by atoms with Crippen molar-refractivity contribution in [2.45, 2.75) is 12.1 Å². The molecule has 0 bridgehead atoms. The highest BCUT2D eigenvalue weighted by Crippen LogP contribution is 2.33. The fourth-order valence-corrected chi connectivity index (χ4v) is 3.01. The van der Waals surface area contributed by atoms with Gasteiger partial charge in [-0.1, -0.05) is 11.6 Å². The van der Waals surface area contributed by atoms with E-state index in [0.717, 1.165) is 11.8 Å². The number of aryl methyl sites for hydroxylation is 1. The highest BCUT2D eigenvalue weighted by atomic mass is 35.5. The number of furan rings is 1. The number of hydrogen-bond donors (Lipinski definition) is 2. The molecule has 0 unspecified atom stereocenters. The maximum Gasteiger partial charge on any atom is 0.342 e. The van der Waals surface area contributed by atoms with Gasteiger partial charge in [-0.2, -0.15) is 0 Å². The summed E-state index contributed by atoms with van der Waals surface area (Å²) >= 11 is 6.90. The van der Waals surface area contributed by atoms with E-state index in [1.807, 2.05) is 0 Å². The van der Waals surface area contributed by atoms with Gasteiger partial charge in [-0.3, -0.25) is 0 Å². The number of carboxylic acids is 2. The summed E-state index contributed by atoms with van der Waals surface area (Å²) in [4.78, 5) is 22.5. The Morgan fingerprint density at radius 3 is 2.56 bits per heavy atom. The van der Waals surface area contributed by atoms with E-state index >= 15 is 0 Å². The lowest BCUT2D eigenvalue weighted by Crippen LogP contribution is -1.96. The Labute approximate surface area is 161 Å². The standard InChI is InChI=1S/C17H11ClN2O6S/c1-8-19-20-17(25-8)27-14(16(23)24)7-10-3-5-13(26-10)11-6-9(15(21)22)2-4-12(11)18/h2-7H,1H3,(H,21,22)(H,23,24)/b14-7-. The minimum atomic E-state index is -1.19. The predicted molar refractivity (Wildman–Crippen MR) is 96.6 cm³/mol. The van der Waals surface area contributed by atoms with Crippen molar-refractivity contribution in [3.8, 4) is 11.3 Å². The molecule has 0 amide bonds. The number of carboxylic acid groups (broad SMARTS) is 2. The van der Waals surface area contributed by atoms with Crippen LogP contribution in [0.4, 0.5) is 0 Å². The lowest BCUT2D eigenvalue weighted by molar-refractivity contribution is -0.131. The Bertz CT molecular complexity index is 1060. The molecule has 0 aliphatic heterocycles. The summed E-state index contributed by atoms with van der Waals surface area (Å²) in [5.41, 5.74) is 0.435. The molecule has 0 atom stereocenters. The molecule has 0 aliphatic carbocycles. The summed E-state index contributed by atoms with van der Waals surface area (Å²) in [6.45, 7) is 1.59. The van der Waals surface area contributed by atoms with Crippen LogP contribution in [0.2, 0.25) is 5.02 Å². The molecule has 10 heteroatoms. The van der Waals surface area contributed by atoms with Crippen molar-refractivity contribution < 1.29 is 28.6 Å². The van der Waals surface area contributed by atoms with Crippen LogP contribution in [-0.2, 0) is 4.79 Å². The van der Waals surface area contributed by atoms with E-state index in [1.54, 1.807) is 19.1 Å². The molecule has 138 valence electrons. The number of aromatic nitrogens is 2. The monoisotopic (exact) mass is 406 g/mol. The van der Waals surface area contributed by atoms with Crippen molar-refractivity contribution in [3.63, 3.8) is 0 Å². The van der Waals surface area contributed by atoms with Crippen molar-refractivity contribution in [2.75, 3.05) is 0 Å². The summed E-state index contributed by atoms with van der Waals surface area (Å²) in [6, 6.07) is 7.32. The minimum Gasteiger partial charge on any atom is -0.478 e. The van der Waals surface area contributed by atoms with Gasteiger partial charge in [0.05, 0.1) is 10.6 Å². The molecule has 0 fully saturated rings. The third-order valence-corrected chi connectivity index (χ3v) is 4.48. The number of carbonyl (C=O) groups is 2. The van der Waals surface area contributed by atoms with Crippen LogP contribution in [0.25, 0.3) is 17.4 Å². The summed E-state index contributed by atoms with van der Waals surface area (Å²) in [5, 5.41) is 26.2. The first-order valence-corrected chi connectivity index (χ1v) is 8.59. The molecule has 2 heterocycles. The first-order chi connectivity index (χ1) is 12.8. The van der Waals surface area contributed by atoms with Gasteiger partial charge in [-0.25, -0.2) is 9.59 Å². The average molecular weight is 407 g/mol. The average Bonchev–Trinajstić information content (AvgIpc) is 3.23. The second-order valence-corrected chi connectivity index (χ2v) is 6.60. The topological polar surface area (TPSA) is 127 Å². The number of rotatable bonds is 6. The van der Waals surface area contributed by atoms with Gasteiger partial charge in [0.1, 0.15) is 16.4 Å². The highest BCUT2D eigenvalue weighted by molar-refractivity contribution is 8.03. The molecule has 1 aromatic carbocycles. The quantitative estimate of drug-likeness (QED) is 0.457. The van der Waals surface area contributed by atoms with Crippen molar-refractivity contribution >= 4 is 41.4 Å². The molecule has 8 nitrogen and oxygen atoms in total. The van der Waals surface area contributed by atoms with Crippen molar-refractivity contribution in [3.05, 3.63) is 57.5 Å². The van der Waals surface area contributed by atoms with Crippen LogP contribution in [-0.4, -0.2) is 32.3 Å².